The second-order valence-electron chi connectivity index (χ2n) is 7.14. The monoisotopic (exact) mass is 444 g/mol. The molecular weight excluding hydrogens is 419 g/mol. The van der Waals surface area contributed by atoms with E-state index in [1.54, 1.807) is 49.8 Å². The van der Waals surface area contributed by atoms with Crippen molar-refractivity contribution < 1.29 is 22.3 Å². The molecule has 0 fully saturated rings. The first-order valence-corrected chi connectivity index (χ1v) is 11.3. The molecule has 0 aliphatic rings. The molecule has 2 aromatic carbocycles. The minimum absolute atomic E-state index is 0.0123. The van der Waals surface area contributed by atoms with Crippen LogP contribution in [0.5, 0.6) is 0 Å². The summed E-state index contributed by atoms with van der Waals surface area (Å²) in [7, 11) is -2.35. The lowest BCUT2D eigenvalue weighted by atomic mass is 10.2. The van der Waals surface area contributed by atoms with E-state index in [0.29, 0.717) is 30.8 Å². The first-order chi connectivity index (χ1) is 14.8. The van der Waals surface area contributed by atoms with E-state index in [1.165, 1.54) is 30.3 Å². The molecule has 164 valence electrons. The topological polar surface area (TPSA) is 77.4 Å². The van der Waals surface area contributed by atoms with E-state index in [1.807, 2.05) is 0 Å². The Hall–Kier alpha value is -2.97. The van der Waals surface area contributed by atoms with Gasteiger partial charge < -0.3 is 14.6 Å². The zero-order chi connectivity index (χ0) is 22.6. The number of nitrogens with zero attached hydrogens (tertiary/aromatic N) is 1. The molecule has 0 atom stereocenters. The Labute approximate surface area is 181 Å². The van der Waals surface area contributed by atoms with E-state index < -0.39 is 21.6 Å². The van der Waals surface area contributed by atoms with E-state index >= 15 is 0 Å². The molecule has 0 spiro atoms. The number of hydrogen-bond acceptors (Lipinski definition) is 4. The minimum Gasteiger partial charge on any atom is -0.385 e. The highest BCUT2D eigenvalue weighted by molar-refractivity contribution is 7.91. The standard InChI is InChI=1S/C23H25FN2O4S/c1-16-17(2)26(14-9-15-30-3)22(25-23(27)19-12-7-8-13-20(19)24)21(16)31(28,29)18-10-5-4-6-11-18/h4-8,10-13H,9,14-15H2,1-3H3,(H,25,27). The van der Waals surface area contributed by atoms with E-state index in [-0.39, 0.29) is 21.2 Å². The smallest absolute Gasteiger partial charge is 0.259 e. The molecule has 0 aliphatic heterocycles. The molecule has 0 radical (unpaired) electrons. The van der Waals surface area contributed by atoms with E-state index in [0.717, 1.165) is 0 Å². The van der Waals surface area contributed by atoms with Crippen molar-refractivity contribution in [1.82, 2.24) is 4.57 Å². The Kier molecular flexibility index (Phi) is 6.92. The largest absolute Gasteiger partial charge is 0.385 e. The Morgan fingerprint density at radius 2 is 1.71 bits per heavy atom. The number of halogens is 1. The second-order valence-corrected chi connectivity index (χ2v) is 9.02. The summed E-state index contributed by atoms with van der Waals surface area (Å²) < 4.78 is 48.0. The van der Waals surface area contributed by atoms with Crippen molar-refractivity contribution in [2.45, 2.75) is 36.6 Å². The van der Waals surface area contributed by atoms with Crippen LogP contribution in [0, 0.1) is 19.7 Å². The van der Waals surface area contributed by atoms with Crippen molar-refractivity contribution in [3.05, 3.63) is 77.2 Å². The van der Waals surface area contributed by atoms with Crippen LogP contribution in [0.4, 0.5) is 10.2 Å². The maximum atomic E-state index is 14.2. The van der Waals surface area contributed by atoms with Gasteiger partial charge in [-0.15, -0.1) is 0 Å². The molecule has 1 amide bonds. The summed E-state index contributed by atoms with van der Waals surface area (Å²) in [5.74, 6) is -1.27. The summed E-state index contributed by atoms with van der Waals surface area (Å²) >= 11 is 0. The number of benzene rings is 2. The van der Waals surface area contributed by atoms with Gasteiger partial charge in [-0.1, -0.05) is 30.3 Å². The quantitative estimate of drug-likeness (QED) is 0.524. The van der Waals surface area contributed by atoms with Crippen LogP contribution in [0.25, 0.3) is 0 Å². The molecule has 0 bridgehead atoms. The number of aromatic nitrogens is 1. The van der Waals surface area contributed by atoms with Gasteiger partial charge in [-0.25, -0.2) is 12.8 Å². The molecule has 0 aliphatic carbocycles. The van der Waals surface area contributed by atoms with Gasteiger partial charge in [0, 0.05) is 26.0 Å². The fourth-order valence-electron chi connectivity index (χ4n) is 3.47. The zero-order valence-corrected chi connectivity index (χ0v) is 18.5. The van der Waals surface area contributed by atoms with Gasteiger partial charge in [0.05, 0.1) is 10.5 Å². The van der Waals surface area contributed by atoms with Crippen molar-refractivity contribution in [2.24, 2.45) is 0 Å². The summed E-state index contributed by atoms with van der Waals surface area (Å²) in [5, 5.41) is 2.66. The van der Waals surface area contributed by atoms with Crippen LogP contribution in [-0.4, -0.2) is 32.6 Å². The summed E-state index contributed by atoms with van der Waals surface area (Å²) in [4.78, 5) is 13.0. The number of rotatable bonds is 8. The fourth-order valence-corrected chi connectivity index (χ4v) is 5.19. The van der Waals surface area contributed by atoms with Gasteiger partial charge in [0.2, 0.25) is 9.84 Å². The van der Waals surface area contributed by atoms with E-state index in [4.69, 9.17) is 4.74 Å². The van der Waals surface area contributed by atoms with Crippen molar-refractivity contribution in [3.8, 4) is 0 Å². The predicted octanol–water partition coefficient (Wildman–Crippen LogP) is 4.37. The molecule has 3 aromatic rings. The predicted molar refractivity (Wildman–Crippen MR) is 117 cm³/mol. The van der Waals surface area contributed by atoms with Gasteiger partial charge in [0.15, 0.2) is 0 Å². The molecule has 1 heterocycles. The first kappa shape index (κ1) is 22.7. The lowest BCUT2D eigenvalue weighted by Gasteiger charge is -2.15. The molecule has 1 N–H and O–H groups in total. The Balaban J connectivity index is 2.15. The number of methoxy groups -OCH3 is 1. The van der Waals surface area contributed by atoms with Gasteiger partial charge in [0.25, 0.3) is 5.91 Å². The average molecular weight is 445 g/mol. The third-order valence-electron chi connectivity index (χ3n) is 5.18. The maximum absolute atomic E-state index is 14.2. The van der Waals surface area contributed by atoms with E-state index in [9.17, 15) is 17.6 Å². The van der Waals surface area contributed by atoms with Crippen molar-refractivity contribution in [3.63, 3.8) is 0 Å². The van der Waals surface area contributed by atoms with Gasteiger partial charge in [-0.2, -0.15) is 0 Å². The van der Waals surface area contributed by atoms with E-state index in [2.05, 4.69) is 5.32 Å². The fraction of sp³-hybridized carbons (Fsp3) is 0.261. The molecule has 3 rings (SSSR count). The SMILES string of the molecule is COCCCn1c(C)c(C)c(S(=O)(=O)c2ccccc2)c1NC(=O)c1ccccc1F. The first-order valence-electron chi connectivity index (χ1n) is 9.83. The number of nitrogens with one attached hydrogen (secondary N) is 1. The number of sulfone groups is 1. The third-order valence-corrected chi connectivity index (χ3v) is 7.11. The maximum Gasteiger partial charge on any atom is 0.259 e. The molecule has 1 aromatic heterocycles. The average Bonchev–Trinajstić information content (AvgIpc) is 2.99. The Morgan fingerprint density at radius 1 is 1.06 bits per heavy atom. The molecule has 31 heavy (non-hydrogen) atoms. The summed E-state index contributed by atoms with van der Waals surface area (Å²) in [6.07, 6.45) is 0.610. The zero-order valence-electron chi connectivity index (χ0n) is 17.7. The van der Waals surface area contributed by atoms with Crippen molar-refractivity contribution in [1.29, 1.82) is 0 Å². The summed E-state index contributed by atoms with van der Waals surface area (Å²) in [6.45, 7) is 4.40. The molecule has 0 saturated heterocycles. The molecular formula is C23H25FN2O4S. The molecule has 0 saturated carbocycles. The molecule has 8 heteroatoms. The second kappa shape index (κ2) is 9.45. The van der Waals surface area contributed by atoms with Gasteiger partial charge in [-0.3, -0.25) is 4.79 Å². The lowest BCUT2D eigenvalue weighted by Crippen LogP contribution is -2.19. The lowest BCUT2D eigenvalue weighted by molar-refractivity contribution is 0.102. The number of hydrogen-bond donors (Lipinski definition) is 1. The third kappa shape index (κ3) is 4.55. The van der Waals surface area contributed by atoms with Gasteiger partial charge >= 0.3 is 0 Å². The molecule has 0 unspecified atom stereocenters. The number of anilines is 1. The van der Waals surface area contributed by atoms with Crippen LogP contribution >= 0.6 is 0 Å². The van der Waals surface area contributed by atoms with Crippen LogP contribution in [-0.2, 0) is 21.1 Å². The summed E-state index contributed by atoms with van der Waals surface area (Å²) in [5.41, 5.74) is 1.07. The van der Waals surface area contributed by atoms with Crippen LogP contribution < -0.4 is 5.32 Å². The van der Waals surface area contributed by atoms with Crippen LogP contribution in [0.2, 0.25) is 0 Å². The highest BCUT2D eigenvalue weighted by Gasteiger charge is 2.30. The van der Waals surface area contributed by atoms with Crippen LogP contribution in [0.1, 0.15) is 28.0 Å². The number of ether oxygens (including phenoxy) is 1. The molecule has 6 nitrogen and oxygen atoms in total. The minimum atomic E-state index is -3.93. The van der Waals surface area contributed by atoms with Gasteiger partial charge in [-0.05, 0) is 50.1 Å². The van der Waals surface area contributed by atoms with Gasteiger partial charge in [0.1, 0.15) is 16.5 Å². The Morgan fingerprint density at radius 3 is 2.35 bits per heavy atom. The Bertz CT molecular complexity index is 1190. The number of amides is 1. The number of carbonyl (C=O) groups excluding carboxylic acids is 1. The number of carbonyl (C=O) groups is 1. The highest BCUT2D eigenvalue weighted by Crippen LogP contribution is 2.35. The van der Waals surface area contributed by atoms with Crippen LogP contribution in [0.15, 0.2) is 64.4 Å². The van der Waals surface area contributed by atoms with Crippen molar-refractivity contribution in [2.75, 3.05) is 19.0 Å². The normalized spacial score (nSPS) is 11.5. The summed E-state index contributed by atoms with van der Waals surface area (Å²) in [6, 6.07) is 13.6. The van der Waals surface area contributed by atoms with Crippen molar-refractivity contribution >= 4 is 21.6 Å². The van der Waals surface area contributed by atoms with Crippen LogP contribution in [0.3, 0.4) is 0 Å². The highest BCUT2D eigenvalue weighted by atomic mass is 32.2.